The van der Waals surface area contributed by atoms with Crippen LogP contribution in [0.2, 0.25) is 0 Å². The van der Waals surface area contributed by atoms with Crippen molar-refractivity contribution in [2.75, 3.05) is 68.3 Å². The fraction of sp³-hybridized carbons (Fsp3) is 0.493. The Morgan fingerprint density at radius 3 is 1.67 bits per heavy atom. The molecule has 3 fully saturated rings. The van der Waals surface area contributed by atoms with Gasteiger partial charge in [0.1, 0.15) is 0 Å². The third-order valence-corrected chi connectivity index (χ3v) is 18.5. The molecule has 2 amide bonds. The molecule has 466 valence electrons. The van der Waals surface area contributed by atoms with E-state index in [2.05, 4.69) is 157 Å². The van der Waals surface area contributed by atoms with Crippen LogP contribution in [0.25, 0.3) is 66.5 Å². The van der Waals surface area contributed by atoms with Crippen LogP contribution in [0.3, 0.4) is 0 Å². The summed E-state index contributed by atoms with van der Waals surface area (Å²) in [6, 6.07) is 12.3. The molecule has 20 heteroatoms. The standard InChI is InChI=1S/C69H88N18O2/c1-42(2)37-83-24-15-47(16-25-83)32-76-69-77-50(31-59(80-69)56-40-86(45(7)8)63-35-71-21-12-53(56)63)28-46(9)87-41-55(52-11-20-72-36-64(52)87)58-14-23-74-68(79-58)82-66(89)49-18-27-85(39-44(5)6)62(30-49)61-29-48(17-26-84(61)38-43(3)4)65(88)81-67-73-22-13-57(78-67)54-33-75-60-34-70-19-10-51(54)60/h10-14,19-23,31,33-36,40-49,61-62,75H,15-18,24-30,32,37-39H2,1-9H3,(H,76,77,80)(H,73,78,81,88)(H,74,79,82,89). The molecule has 20 nitrogen and oxygen atoms in total. The second kappa shape index (κ2) is 27.0. The summed E-state index contributed by atoms with van der Waals surface area (Å²) < 4.78 is 4.55. The molecule has 0 bridgehead atoms. The maximum atomic E-state index is 14.7. The molecule has 0 radical (unpaired) electrons. The second-order valence-corrected chi connectivity index (χ2v) is 26.9. The van der Waals surface area contributed by atoms with Gasteiger partial charge >= 0.3 is 0 Å². The van der Waals surface area contributed by atoms with Gasteiger partial charge in [-0.25, -0.2) is 29.9 Å². The first-order valence-corrected chi connectivity index (χ1v) is 32.5. The van der Waals surface area contributed by atoms with Gasteiger partial charge in [-0.2, -0.15) is 0 Å². The van der Waals surface area contributed by atoms with Crippen molar-refractivity contribution >= 4 is 62.4 Å². The topological polar surface area (TPSA) is 222 Å². The van der Waals surface area contributed by atoms with Gasteiger partial charge in [-0.05, 0) is 146 Å². The number of carbonyl (C=O) groups is 2. The smallest absolute Gasteiger partial charge is 0.229 e. The Kier molecular flexibility index (Phi) is 18.5. The van der Waals surface area contributed by atoms with Gasteiger partial charge in [0.25, 0.3) is 0 Å². The van der Waals surface area contributed by atoms with Gasteiger partial charge in [-0.1, -0.05) is 41.5 Å². The summed E-state index contributed by atoms with van der Waals surface area (Å²) in [5.74, 6) is 2.54. The van der Waals surface area contributed by atoms with Crippen LogP contribution in [0.1, 0.15) is 119 Å². The van der Waals surface area contributed by atoms with Crippen LogP contribution in [-0.4, -0.2) is 150 Å². The minimum Gasteiger partial charge on any atom is -0.359 e. The number of aromatic nitrogens is 12. The van der Waals surface area contributed by atoms with Crippen LogP contribution in [-0.2, 0) is 16.0 Å². The van der Waals surface area contributed by atoms with E-state index < -0.39 is 0 Å². The first-order chi connectivity index (χ1) is 43.1. The highest BCUT2D eigenvalue weighted by molar-refractivity contribution is 5.97. The van der Waals surface area contributed by atoms with Crippen molar-refractivity contribution in [2.45, 2.75) is 131 Å². The van der Waals surface area contributed by atoms with E-state index >= 15 is 0 Å². The molecule has 0 aliphatic carbocycles. The van der Waals surface area contributed by atoms with Gasteiger partial charge in [0, 0.05) is 157 Å². The van der Waals surface area contributed by atoms with E-state index in [0.29, 0.717) is 66.7 Å². The predicted octanol–water partition coefficient (Wildman–Crippen LogP) is 11.8. The number of H-pyrrole nitrogens is 1. The molecule has 5 atom stereocenters. The second-order valence-electron chi connectivity index (χ2n) is 26.9. The van der Waals surface area contributed by atoms with E-state index in [0.717, 1.165) is 132 Å². The van der Waals surface area contributed by atoms with Crippen LogP contribution in [0.4, 0.5) is 17.8 Å². The van der Waals surface area contributed by atoms with E-state index in [-0.39, 0.29) is 59.7 Å². The van der Waals surface area contributed by atoms with E-state index in [1.54, 1.807) is 24.8 Å². The monoisotopic (exact) mass is 1200 g/mol. The van der Waals surface area contributed by atoms with Crippen LogP contribution < -0.4 is 16.0 Å². The summed E-state index contributed by atoms with van der Waals surface area (Å²) in [6.07, 6.45) is 26.5. The summed E-state index contributed by atoms with van der Waals surface area (Å²) in [5.41, 5.74) is 9.08. The molecular formula is C69H88N18O2. The fourth-order valence-corrected chi connectivity index (χ4v) is 14.2. The number of anilines is 3. The zero-order valence-electron chi connectivity index (χ0n) is 53.3. The summed E-state index contributed by atoms with van der Waals surface area (Å²) >= 11 is 0. The molecule has 0 aromatic carbocycles. The first-order valence-electron chi connectivity index (χ1n) is 32.5. The van der Waals surface area contributed by atoms with E-state index in [1.165, 1.54) is 0 Å². The van der Waals surface area contributed by atoms with Crippen LogP contribution in [0.5, 0.6) is 0 Å². The zero-order valence-corrected chi connectivity index (χ0v) is 53.3. The number of hydrogen-bond acceptors (Lipinski definition) is 15. The number of amides is 2. The number of likely N-dealkylation sites (tertiary alicyclic amines) is 3. The van der Waals surface area contributed by atoms with E-state index in [9.17, 15) is 9.59 Å². The first kappa shape index (κ1) is 61.2. The highest BCUT2D eigenvalue weighted by Crippen LogP contribution is 2.38. The highest BCUT2D eigenvalue weighted by atomic mass is 16.2. The van der Waals surface area contributed by atoms with Crippen molar-refractivity contribution < 1.29 is 9.59 Å². The quantitative estimate of drug-likeness (QED) is 0.0525. The third-order valence-electron chi connectivity index (χ3n) is 18.5. The number of piperidine rings is 3. The Hall–Kier alpha value is -8.07. The highest BCUT2D eigenvalue weighted by Gasteiger charge is 2.43. The lowest BCUT2D eigenvalue weighted by Gasteiger charge is -2.50. The normalized spacial score (nSPS) is 19.6. The number of hydrogen-bond donors (Lipinski definition) is 4. The molecule has 0 spiro atoms. The summed E-state index contributed by atoms with van der Waals surface area (Å²) in [5, 5.41) is 13.1. The lowest BCUT2D eigenvalue weighted by molar-refractivity contribution is -0.126. The molecule has 12 heterocycles. The van der Waals surface area contributed by atoms with E-state index in [1.807, 2.05) is 55.2 Å². The number of nitrogens with zero attached hydrogens (tertiary/aromatic N) is 14. The van der Waals surface area contributed by atoms with Crippen LogP contribution >= 0.6 is 0 Å². The molecule has 12 rings (SSSR count). The fourth-order valence-electron chi connectivity index (χ4n) is 14.2. The minimum atomic E-state index is -0.285. The third kappa shape index (κ3) is 13.9. The van der Waals surface area contributed by atoms with Gasteiger partial charge in [-0.15, -0.1) is 0 Å². The lowest BCUT2D eigenvalue weighted by atomic mass is 9.79. The van der Waals surface area contributed by atoms with Gasteiger partial charge in [0.15, 0.2) is 0 Å². The molecule has 3 aliphatic heterocycles. The zero-order chi connectivity index (χ0) is 61.9. The van der Waals surface area contributed by atoms with Crippen molar-refractivity contribution in [1.82, 2.24) is 73.7 Å². The number of rotatable bonds is 21. The maximum Gasteiger partial charge on any atom is 0.229 e. The summed E-state index contributed by atoms with van der Waals surface area (Å²) in [6.45, 7) is 27.8. The number of pyridine rings is 3. The van der Waals surface area contributed by atoms with Crippen molar-refractivity contribution in [1.29, 1.82) is 0 Å². The molecule has 5 unspecified atom stereocenters. The Morgan fingerprint density at radius 2 is 1.09 bits per heavy atom. The van der Waals surface area contributed by atoms with Crippen LogP contribution in [0, 0.1) is 35.5 Å². The Bertz CT molecular complexity index is 3910. The molecule has 9 aromatic heterocycles. The molecule has 3 saturated heterocycles. The predicted molar refractivity (Wildman–Crippen MR) is 353 cm³/mol. The maximum absolute atomic E-state index is 14.7. The Balaban J connectivity index is 0.763. The summed E-state index contributed by atoms with van der Waals surface area (Å²) in [4.78, 5) is 83.0. The van der Waals surface area contributed by atoms with Gasteiger partial charge in [0.2, 0.25) is 29.7 Å². The average Bonchev–Trinajstić information content (AvgIpc) is 2.11. The molecule has 9 aromatic rings. The average molecular weight is 1200 g/mol. The number of nitrogens with one attached hydrogen (secondary N) is 4. The number of fused-ring (bicyclic) bond motifs is 3. The molecule has 89 heavy (non-hydrogen) atoms. The lowest BCUT2D eigenvalue weighted by Crippen LogP contribution is -2.60. The molecule has 0 saturated carbocycles. The molecular weight excluding hydrogens is 1110 g/mol. The van der Waals surface area contributed by atoms with Gasteiger partial charge < -0.3 is 24.3 Å². The van der Waals surface area contributed by atoms with E-state index in [4.69, 9.17) is 19.9 Å². The molecule has 3 aliphatic rings. The van der Waals surface area contributed by atoms with Crippen molar-refractivity contribution in [3.05, 3.63) is 110 Å². The SMILES string of the molecule is CC(C)CN1CCC(CNc2nc(CC(C)n3cc(-c4ccnc(NC(=O)C5CCN(CC(C)C)C(C6CC(C(=O)Nc7nccc(-c8c[nH]c9cnccc89)n7)CCN6CC(C)C)C5)n4)c4ccncc43)cc(-c3cn(C(C)C)c4cnccc34)n2)CC1. The van der Waals surface area contributed by atoms with Crippen molar-refractivity contribution in [2.24, 2.45) is 35.5 Å². The van der Waals surface area contributed by atoms with Gasteiger partial charge in [-0.3, -0.25) is 45.0 Å². The molecule has 4 N–H and O–H groups in total. The largest absolute Gasteiger partial charge is 0.359 e. The Labute approximate surface area is 522 Å². The van der Waals surface area contributed by atoms with Crippen LogP contribution in [0.15, 0.2) is 105 Å². The Morgan fingerprint density at radius 1 is 0.562 bits per heavy atom. The van der Waals surface area contributed by atoms with Crippen molar-refractivity contribution in [3.8, 4) is 33.8 Å². The number of carbonyl (C=O) groups excluding carboxylic acids is 2. The number of aromatic amines is 1. The van der Waals surface area contributed by atoms with Crippen molar-refractivity contribution in [3.63, 3.8) is 0 Å². The minimum absolute atomic E-state index is 0.0423. The van der Waals surface area contributed by atoms with Gasteiger partial charge in [0.05, 0.1) is 52.2 Å². The summed E-state index contributed by atoms with van der Waals surface area (Å²) in [7, 11) is 0.